The predicted molar refractivity (Wildman–Crippen MR) is 131 cm³/mol. The van der Waals surface area contributed by atoms with Crippen molar-refractivity contribution < 1.29 is 14.0 Å². The molecule has 5 unspecified atom stereocenters. The maximum Gasteiger partial charge on any atom is 0.318 e. The van der Waals surface area contributed by atoms with E-state index in [1.165, 1.54) is 18.7 Å². The summed E-state index contributed by atoms with van der Waals surface area (Å²) in [5.74, 6) is -0.0899. The molecular weight excluding hydrogens is 471 g/mol. The highest BCUT2D eigenvalue weighted by Gasteiger charge is 2.43. The highest BCUT2D eigenvalue weighted by atomic mass is 35.5. The van der Waals surface area contributed by atoms with Gasteiger partial charge in [-0.2, -0.15) is 0 Å². The van der Waals surface area contributed by atoms with E-state index in [-0.39, 0.29) is 52.9 Å². The van der Waals surface area contributed by atoms with Gasteiger partial charge >= 0.3 is 6.03 Å². The summed E-state index contributed by atoms with van der Waals surface area (Å²) in [7, 11) is 0. The summed E-state index contributed by atoms with van der Waals surface area (Å²) in [6.45, 7) is 3.33. The second-order valence-electron chi connectivity index (χ2n) is 10.6. The van der Waals surface area contributed by atoms with Crippen molar-refractivity contribution in [2.45, 2.75) is 88.6 Å². The summed E-state index contributed by atoms with van der Waals surface area (Å²) in [4.78, 5) is 32.2. The summed E-state index contributed by atoms with van der Waals surface area (Å²) >= 11 is 5.94. The number of nitrogens with one attached hydrogen (secondary N) is 4. The van der Waals surface area contributed by atoms with Gasteiger partial charge in [-0.25, -0.2) is 9.18 Å². The molecule has 3 saturated heterocycles. The van der Waals surface area contributed by atoms with Crippen molar-refractivity contribution in [1.29, 1.82) is 0 Å². The Balaban J connectivity index is 1.33. The zero-order chi connectivity index (χ0) is 24.5. The first-order chi connectivity index (χ1) is 16.9. The number of carbonyl (C=O) groups is 2. The molecule has 192 valence electrons. The fourth-order valence-corrected chi connectivity index (χ4v) is 6.56. The number of carbonyl (C=O) groups excluding carboxylic acids is 2. The average Bonchev–Trinajstić information content (AvgIpc) is 3.33. The van der Waals surface area contributed by atoms with Gasteiger partial charge in [0.25, 0.3) is 0 Å². The molecule has 10 heteroatoms. The molecule has 7 atom stereocenters. The summed E-state index contributed by atoms with van der Waals surface area (Å²) in [6.07, 6.45) is 8.87. The molecule has 8 nitrogen and oxygen atoms in total. The fourth-order valence-electron chi connectivity index (χ4n) is 6.41. The predicted octanol–water partition coefficient (Wildman–Crippen LogP) is 3.08. The van der Waals surface area contributed by atoms with Crippen LogP contribution in [0.3, 0.4) is 0 Å². The van der Waals surface area contributed by atoms with E-state index in [1.54, 1.807) is 0 Å². The number of hydrogen-bond donors (Lipinski definition) is 4. The maximum absolute atomic E-state index is 14.5. The zero-order valence-corrected chi connectivity index (χ0v) is 21.0. The number of rotatable bonds is 2. The molecule has 0 spiro atoms. The number of fused-ring (bicyclic) bond motifs is 4. The van der Waals surface area contributed by atoms with E-state index >= 15 is 0 Å². The number of aromatic nitrogens is 1. The molecule has 2 bridgehead atoms. The monoisotopic (exact) mass is 506 g/mol. The summed E-state index contributed by atoms with van der Waals surface area (Å²) in [6, 6.07) is 1.09. The molecule has 1 aromatic heterocycles. The van der Waals surface area contributed by atoms with Crippen LogP contribution in [-0.2, 0) is 4.79 Å². The standard InChI is InChI=1S/C25H36ClFN6O2/c1-14-5-4-8-20(23-29-13-19(30-23)15-6-2-3-7-17(15)31-24(14)34)33-12-10-18(32-25(33)35)22-21(27)16(26)9-11-28-22/h9,11,14-15,17-20,23,29-30H,2-8,10,12-13H2,1H3,(H,31,34)(H,32,35)/t14-,15?,17?,18?,19?,20+,23?/m1/s1. The van der Waals surface area contributed by atoms with E-state index < -0.39 is 11.9 Å². The van der Waals surface area contributed by atoms with Gasteiger partial charge in [-0.3, -0.25) is 20.4 Å². The molecule has 3 aliphatic heterocycles. The van der Waals surface area contributed by atoms with E-state index in [9.17, 15) is 14.0 Å². The van der Waals surface area contributed by atoms with E-state index in [0.29, 0.717) is 18.9 Å². The Morgan fingerprint density at radius 2 is 1.89 bits per heavy atom. The number of urea groups is 1. The van der Waals surface area contributed by atoms with Crippen LogP contribution >= 0.6 is 11.6 Å². The lowest BCUT2D eigenvalue weighted by Gasteiger charge is -2.42. The third kappa shape index (κ3) is 5.13. The van der Waals surface area contributed by atoms with Crippen molar-refractivity contribution in [3.63, 3.8) is 0 Å². The minimum Gasteiger partial charge on any atom is -0.353 e. The molecular formula is C25H36ClFN6O2. The Hall–Kier alpha value is -1.97. The molecule has 1 aromatic rings. The first-order valence-electron chi connectivity index (χ1n) is 13.1. The van der Waals surface area contributed by atoms with Gasteiger partial charge in [0.2, 0.25) is 5.91 Å². The molecule has 4 fully saturated rings. The SMILES string of the molecule is C[C@@H]1CCC[C@H](N2CCC(c3nccc(Cl)c3F)NC2=O)C2NCC(N2)C2CCCCC2NC1=O. The van der Waals surface area contributed by atoms with Crippen LogP contribution in [0.4, 0.5) is 9.18 Å². The Morgan fingerprint density at radius 1 is 1.06 bits per heavy atom. The van der Waals surface area contributed by atoms with Gasteiger partial charge in [-0.1, -0.05) is 37.8 Å². The molecule has 0 aromatic carbocycles. The van der Waals surface area contributed by atoms with Crippen molar-refractivity contribution >= 4 is 23.5 Å². The van der Waals surface area contributed by atoms with Crippen molar-refractivity contribution in [2.75, 3.05) is 13.1 Å². The zero-order valence-electron chi connectivity index (χ0n) is 20.2. The third-order valence-electron chi connectivity index (χ3n) is 8.40. The Morgan fingerprint density at radius 3 is 2.71 bits per heavy atom. The average molecular weight is 507 g/mol. The largest absolute Gasteiger partial charge is 0.353 e. The fraction of sp³-hybridized carbons (Fsp3) is 0.720. The van der Waals surface area contributed by atoms with E-state index in [4.69, 9.17) is 11.6 Å². The molecule has 1 aliphatic carbocycles. The minimum absolute atomic E-state index is 0.00978. The molecule has 3 amide bonds. The number of hydrogen-bond acceptors (Lipinski definition) is 5. The minimum atomic E-state index is -0.574. The summed E-state index contributed by atoms with van der Waals surface area (Å²) < 4.78 is 14.5. The van der Waals surface area contributed by atoms with Crippen LogP contribution in [0.1, 0.15) is 70.0 Å². The number of amides is 3. The van der Waals surface area contributed by atoms with Crippen LogP contribution in [0.15, 0.2) is 12.3 Å². The molecule has 5 rings (SSSR count). The van der Waals surface area contributed by atoms with Crippen LogP contribution in [0.5, 0.6) is 0 Å². The normalized spacial score (nSPS) is 36.4. The highest BCUT2D eigenvalue weighted by Crippen LogP contribution is 2.32. The number of pyridine rings is 1. The topological polar surface area (TPSA) is 98.4 Å². The number of nitrogens with zero attached hydrogens (tertiary/aromatic N) is 2. The van der Waals surface area contributed by atoms with Crippen molar-refractivity contribution in [3.8, 4) is 0 Å². The molecule has 4 heterocycles. The van der Waals surface area contributed by atoms with Crippen molar-refractivity contribution in [3.05, 3.63) is 28.8 Å². The van der Waals surface area contributed by atoms with E-state index in [0.717, 1.165) is 45.1 Å². The van der Waals surface area contributed by atoms with Gasteiger partial charge < -0.3 is 15.5 Å². The second kappa shape index (κ2) is 10.6. The Bertz CT molecular complexity index is 951. The smallest absolute Gasteiger partial charge is 0.318 e. The van der Waals surface area contributed by atoms with Crippen LogP contribution in [-0.4, -0.2) is 59.2 Å². The first-order valence-corrected chi connectivity index (χ1v) is 13.5. The third-order valence-corrected chi connectivity index (χ3v) is 8.69. The van der Waals surface area contributed by atoms with Gasteiger partial charge in [0.05, 0.1) is 29.0 Å². The lowest BCUT2D eigenvalue weighted by molar-refractivity contribution is -0.126. The Kier molecular flexibility index (Phi) is 7.46. The van der Waals surface area contributed by atoms with Crippen molar-refractivity contribution in [2.24, 2.45) is 11.8 Å². The molecule has 4 aliphatic rings. The van der Waals surface area contributed by atoms with Gasteiger partial charge in [0.1, 0.15) is 0 Å². The van der Waals surface area contributed by atoms with Gasteiger partial charge in [-0.05, 0) is 44.1 Å². The first kappa shape index (κ1) is 24.7. The molecule has 35 heavy (non-hydrogen) atoms. The van der Waals surface area contributed by atoms with Crippen LogP contribution in [0.25, 0.3) is 0 Å². The lowest BCUT2D eigenvalue weighted by atomic mass is 9.79. The van der Waals surface area contributed by atoms with Crippen LogP contribution < -0.4 is 21.3 Å². The van der Waals surface area contributed by atoms with Gasteiger partial charge in [0.15, 0.2) is 5.82 Å². The van der Waals surface area contributed by atoms with Crippen LogP contribution in [0.2, 0.25) is 5.02 Å². The quantitative estimate of drug-likeness (QED) is 0.494. The molecule has 4 N–H and O–H groups in total. The molecule has 0 radical (unpaired) electrons. The van der Waals surface area contributed by atoms with E-state index in [1.807, 2.05) is 11.8 Å². The maximum atomic E-state index is 14.5. The van der Waals surface area contributed by atoms with E-state index in [2.05, 4.69) is 26.3 Å². The second-order valence-corrected chi connectivity index (χ2v) is 11.0. The van der Waals surface area contributed by atoms with Crippen LogP contribution in [0, 0.1) is 17.7 Å². The highest BCUT2D eigenvalue weighted by molar-refractivity contribution is 6.30. The van der Waals surface area contributed by atoms with Gasteiger partial charge in [-0.15, -0.1) is 0 Å². The lowest BCUT2D eigenvalue weighted by Crippen LogP contribution is -2.60. The van der Waals surface area contributed by atoms with Crippen molar-refractivity contribution in [1.82, 2.24) is 31.2 Å². The Labute approximate surface area is 211 Å². The summed E-state index contributed by atoms with van der Waals surface area (Å²) in [5, 5.41) is 13.8. The molecule has 1 saturated carbocycles. The van der Waals surface area contributed by atoms with Gasteiger partial charge in [0, 0.05) is 37.3 Å². The summed E-state index contributed by atoms with van der Waals surface area (Å²) in [5.41, 5.74) is 0.185. The number of halogens is 2.